The first-order valence-corrected chi connectivity index (χ1v) is 6.26. The Morgan fingerprint density at radius 2 is 1.88 bits per heavy atom. The smallest absolute Gasteiger partial charge is 0.115 e. The first kappa shape index (κ1) is 14.0. The van der Waals surface area contributed by atoms with Crippen molar-refractivity contribution in [2.45, 2.75) is 19.9 Å². The van der Waals surface area contributed by atoms with Crippen molar-refractivity contribution >= 4 is 0 Å². The minimum absolute atomic E-state index is 0.353. The van der Waals surface area contributed by atoms with Crippen LogP contribution in [0.15, 0.2) is 24.3 Å². The van der Waals surface area contributed by atoms with E-state index < -0.39 is 0 Å². The van der Waals surface area contributed by atoms with Crippen LogP contribution in [-0.4, -0.2) is 48.6 Å². The monoisotopic (exact) mass is 236 g/mol. The summed E-state index contributed by atoms with van der Waals surface area (Å²) in [4.78, 5) is 4.62. The largest absolute Gasteiger partial charge is 0.508 e. The molecule has 1 N–H and O–H groups in total. The lowest BCUT2D eigenvalue weighted by Crippen LogP contribution is -2.31. The molecule has 1 aromatic rings. The van der Waals surface area contributed by atoms with Crippen LogP contribution < -0.4 is 0 Å². The Balaban J connectivity index is 2.53. The van der Waals surface area contributed by atoms with Crippen LogP contribution >= 0.6 is 0 Å². The maximum atomic E-state index is 9.45. The molecule has 1 rings (SSSR count). The Morgan fingerprint density at radius 1 is 1.12 bits per heavy atom. The van der Waals surface area contributed by atoms with Crippen LogP contribution in [0.3, 0.4) is 0 Å². The standard InChI is InChI=1S/C14H24N2O/c1-4-8-16(10-9-15(2)3)12-13-6-5-7-14(17)11-13/h5-7,11,17H,4,8-10,12H2,1-3H3. The maximum absolute atomic E-state index is 9.45. The third-order valence-electron chi connectivity index (χ3n) is 2.72. The highest BCUT2D eigenvalue weighted by Crippen LogP contribution is 2.13. The maximum Gasteiger partial charge on any atom is 0.115 e. The Hall–Kier alpha value is -1.06. The molecular weight excluding hydrogens is 212 g/mol. The fraction of sp³-hybridized carbons (Fsp3) is 0.571. The highest BCUT2D eigenvalue weighted by molar-refractivity contribution is 5.26. The molecule has 0 saturated heterocycles. The lowest BCUT2D eigenvalue weighted by molar-refractivity contribution is 0.234. The molecule has 1 aromatic carbocycles. The Bertz CT molecular complexity index is 326. The quantitative estimate of drug-likeness (QED) is 0.786. The van der Waals surface area contributed by atoms with Crippen molar-refractivity contribution in [2.24, 2.45) is 0 Å². The molecule has 3 nitrogen and oxygen atoms in total. The first-order valence-electron chi connectivity index (χ1n) is 6.26. The van der Waals surface area contributed by atoms with Gasteiger partial charge in [0.25, 0.3) is 0 Å². The van der Waals surface area contributed by atoms with E-state index >= 15 is 0 Å². The Morgan fingerprint density at radius 3 is 2.47 bits per heavy atom. The molecule has 0 bridgehead atoms. The van der Waals surface area contributed by atoms with Crippen molar-refractivity contribution in [2.75, 3.05) is 33.7 Å². The molecule has 0 fully saturated rings. The molecule has 17 heavy (non-hydrogen) atoms. The van der Waals surface area contributed by atoms with Gasteiger partial charge in [-0.05, 0) is 44.8 Å². The van der Waals surface area contributed by atoms with Gasteiger partial charge >= 0.3 is 0 Å². The summed E-state index contributed by atoms with van der Waals surface area (Å²) in [6.07, 6.45) is 1.16. The Kier molecular flexibility index (Phi) is 6.01. The van der Waals surface area contributed by atoms with Gasteiger partial charge in [0.2, 0.25) is 0 Å². The van der Waals surface area contributed by atoms with Gasteiger partial charge in [0.05, 0.1) is 0 Å². The summed E-state index contributed by atoms with van der Waals surface area (Å²) in [5, 5.41) is 9.45. The molecule has 0 aliphatic carbocycles. The molecule has 0 aromatic heterocycles. The average molecular weight is 236 g/mol. The van der Waals surface area contributed by atoms with E-state index in [4.69, 9.17) is 0 Å². The van der Waals surface area contributed by atoms with Gasteiger partial charge in [-0.1, -0.05) is 19.1 Å². The zero-order valence-corrected chi connectivity index (χ0v) is 11.2. The molecule has 0 spiro atoms. The summed E-state index contributed by atoms with van der Waals surface area (Å²) in [5.41, 5.74) is 1.18. The van der Waals surface area contributed by atoms with Crippen LogP contribution in [0.2, 0.25) is 0 Å². The second kappa shape index (κ2) is 7.30. The van der Waals surface area contributed by atoms with E-state index in [1.165, 1.54) is 5.56 Å². The number of nitrogens with zero attached hydrogens (tertiary/aromatic N) is 2. The van der Waals surface area contributed by atoms with Gasteiger partial charge in [-0.2, -0.15) is 0 Å². The summed E-state index contributed by atoms with van der Waals surface area (Å²) in [6.45, 7) is 6.35. The molecule has 0 unspecified atom stereocenters. The summed E-state index contributed by atoms with van der Waals surface area (Å²) in [6, 6.07) is 7.53. The van der Waals surface area contributed by atoms with E-state index in [1.54, 1.807) is 6.07 Å². The molecule has 96 valence electrons. The third-order valence-corrected chi connectivity index (χ3v) is 2.72. The third kappa shape index (κ3) is 5.71. The van der Waals surface area contributed by atoms with Crippen molar-refractivity contribution in [1.29, 1.82) is 0 Å². The van der Waals surface area contributed by atoms with E-state index in [-0.39, 0.29) is 0 Å². The van der Waals surface area contributed by atoms with Crippen LogP contribution in [0.25, 0.3) is 0 Å². The predicted molar refractivity (Wildman–Crippen MR) is 72.2 cm³/mol. The molecular formula is C14H24N2O. The van der Waals surface area contributed by atoms with Gasteiger partial charge in [0.15, 0.2) is 0 Å². The Labute approximate surface area is 105 Å². The highest BCUT2D eigenvalue weighted by Gasteiger charge is 2.05. The van der Waals surface area contributed by atoms with E-state index in [1.807, 2.05) is 12.1 Å². The summed E-state index contributed by atoms with van der Waals surface area (Å²) in [5.74, 6) is 0.353. The number of rotatable bonds is 7. The van der Waals surface area contributed by atoms with Gasteiger partial charge in [-0.3, -0.25) is 4.90 Å². The highest BCUT2D eigenvalue weighted by atomic mass is 16.3. The summed E-state index contributed by atoms with van der Waals surface area (Å²) < 4.78 is 0. The fourth-order valence-corrected chi connectivity index (χ4v) is 1.84. The molecule has 0 amide bonds. The second-order valence-electron chi connectivity index (χ2n) is 4.75. The molecule has 0 aliphatic heterocycles. The van der Waals surface area contributed by atoms with E-state index in [2.05, 4.69) is 36.9 Å². The second-order valence-corrected chi connectivity index (χ2v) is 4.75. The average Bonchev–Trinajstić information content (AvgIpc) is 2.26. The minimum atomic E-state index is 0.353. The van der Waals surface area contributed by atoms with Crippen LogP contribution in [0.5, 0.6) is 5.75 Å². The van der Waals surface area contributed by atoms with Gasteiger partial charge in [0.1, 0.15) is 5.75 Å². The van der Waals surface area contributed by atoms with Crippen LogP contribution in [0.4, 0.5) is 0 Å². The van der Waals surface area contributed by atoms with E-state index in [0.717, 1.165) is 32.6 Å². The van der Waals surface area contributed by atoms with Gasteiger partial charge in [-0.25, -0.2) is 0 Å². The van der Waals surface area contributed by atoms with Crippen molar-refractivity contribution in [1.82, 2.24) is 9.80 Å². The SMILES string of the molecule is CCCN(CCN(C)C)Cc1cccc(O)c1. The number of aromatic hydroxyl groups is 1. The van der Waals surface area contributed by atoms with Crippen molar-refractivity contribution in [3.8, 4) is 5.75 Å². The van der Waals surface area contributed by atoms with E-state index in [0.29, 0.717) is 5.75 Å². The normalized spacial score (nSPS) is 11.4. The van der Waals surface area contributed by atoms with Gasteiger partial charge < -0.3 is 10.0 Å². The topological polar surface area (TPSA) is 26.7 Å². The molecule has 0 heterocycles. The summed E-state index contributed by atoms with van der Waals surface area (Å²) in [7, 11) is 4.19. The predicted octanol–water partition coefficient (Wildman–Crippen LogP) is 2.17. The molecule has 0 aliphatic rings. The molecule has 3 heteroatoms. The number of phenolic OH excluding ortho intramolecular Hbond substituents is 1. The van der Waals surface area contributed by atoms with Crippen LogP contribution in [-0.2, 0) is 6.54 Å². The van der Waals surface area contributed by atoms with Crippen molar-refractivity contribution in [3.63, 3.8) is 0 Å². The zero-order valence-electron chi connectivity index (χ0n) is 11.2. The van der Waals surface area contributed by atoms with Crippen molar-refractivity contribution < 1.29 is 5.11 Å². The summed E-state index contributed by atoms with van der Waals surface area (Å²) >= 11 is 0. The number of likely N-dealkylation sites (N-methyl/N-ethyl adjacent to an activating group) is 1. The minimum Gasteiger partial charge on any atom is -0.508 e. The van der Waals surface area contributed by atoms with E-state index in [9.17, 15) is 5.11 Å². The lowest BCUT2D eigenvalue weighted by Gasteiger charge is -2.23. The zero-order chi connectivity index (χ0) is 12.7. The fourth-order valence-electron chi connectivity index (χ4n) is 1.84. The van der Waals surface area contributed by atoms with Gasteiger partial charge in [-0.15, -0.1) is 0 Å². The van der Waals surface area contributed by atoms with Crippen LogP contribution in [0, 0.1) is 0 Å². The molecule has 0 radical (unpaired) electrons. The molecule has 0 atom stereocenters. The van der Waals surface area contributed by atoms with Crippen molar-refractivity contribution in [3.05, 3.63) is 29.8 Å². The number of benzene rings is 1. The number of hydrogen-bond donors (Lipinski definition) is 1. The number of hydrogen-bond acceptors (Lipinski definition) is 3. The van der Waals surface area contributed by atoms with Crippen LogP contribution in [0.1, 0.15) is 18.9 Å². The van der Waals surface area contributed by atoms with Gasteiger partial charge in [0, 0.05) is 19.6 Å². The number of phenols is 1. The lowest BCUT2D eigenvalue weighted by atomic mass is 10.2. The first-order chi connectivity index (χ1) is 8.11. The molecule has 0 saturated carbocycles.